The van der Waals surface area contributed by atoms with Gasteiger partial charge in [-0.1, -0.05) is 12.8 Å². The molecule has 1 saturated heterocycles. The molecule has 0 unspecified atom stereocenters. The Kier molecular flexibility index (Phi) is 4.71. The molecular formula is C17H23NO5. The lowest BCUT2D eigenvalue weighted by atomic mass is 9.85. The number of hydrogen-bond acceptors (Lipinski definition) is 6. The van der Waals surface area contributed by atoms with E-state index in [1.165, 1.54) is 33.3 Å². The molecule has 1 aliphatic heterocycles. The first-order valence-corrected chi connectivity index (χ1v) is 8.14. The summed E-state index contributed by atoms with van der Waals surface area (Å²) < 4.78 is 15.3. The highest BCUT2D eigenvalue weighted by Gasteiger charge is 2.46. The minimum Gasteiger partial charge on any atom is -0.468 e. The number of rotatable bonds is 4. The summed E-state index contributed by atoms with van der Waals surface area (Å²) in [4.78, 5) is 26.2. The van der Waals surface area contributed by atoms with Crippen LogP contribution < -0.4 is 0 Å². The van der Waals surface area contributed by atoms with Crippen molar-refractivity contribution in [2.75, 3.05) is 14.2 Å². The summed E-state index contributed by atoms with van der Waals surface area (Å²) in [5.74, 6) is 0.453. The Morgan fingerprint density at radius 3 is 2.78 bits per heavy atom. The molecule has 3 rings (SSSR count). The number of nitrogens with zero attached hydrogens (tertiary/aromatic N) is 1. The van der Waals surface area contributed by atoms with E-state index in [9.17, 15) is 9.59 Å². The molecular weight excluding hydrogens is 298 g/mol. The van der Waals surface area contributed by atoms with Crippen molar-refractivity contribution in [1.82, 2.24) is 4.90 Å². The number of hydrogen-bond donors (Lipinski definition) is 0. The van der Waals surface area contributed by atoms with Crippen LogP contribution >= 0.6 is 0 Å². The molecule has 0 bridgehead atoms. The van der Waals surface area contributed by atoms with Crippen molar-refractivity contribution in [2.45, 2.75) is 50.7 Å². The quantitative estimate of drug-likeness (QED) is 0.793. The van der Waals surface area contributed by atoms with Crippen molar-refractivity contribution in [3.63, 3.8) is 0 Å². The summed E-state index contributed by atoms with van der Waals surface area (Å²) in [6.45, 7) is 0.429. The first-order valence-electron chi connectivity index (χ1n) is 8.14. The molecule has 6 heteroatoms. The summed E-state index contributed by atoms with van der Waals surface area (Å²) in [6, 6.07) is 1.70. The fraction of sp³-hybridized carbons (Fsp3) is 0.647. The monoisotopic (exact) mass is 321 g/mol. The molecule has 1 aromatic rings. The van der Waals surface area contributed by atoms with Gasteiger partial charge in [-0.2, -0.15) is 0 Å². The van der Waals surface area contributed by atoms with E-state index in [1.807, 2.05) is 0 Å². The SMILES string of the molecule is COC(=O)c1ccoc1CN1[C@@H]2CCCC[C@@H]2C[C@H]1C(=O)OC. The third-order valence-corrected chi connectivity index (χ3v) is 5.17. The van der Waals surface area contributed by atoms with E-state index in [1.54, 1.807) is 6.07 Å². The summed E-state index contributed by atoms with van der Waals surface area (Å²) in [5.41, 5.74) is 0.426. The average molecular weight is 321 g/mol. The number of carbonyl (C=O) groups excluding carboxylic acids is 2. The number of likely N-dealkylation sites (tertiary alicyclic amines) is 1. The largest absolute Gasteiger partial charge is 0.468 e. The van der Waals surface area contributed by atoms with Crippen molar-refractivity contribution in [1.29, 1.82) is 0 Å². The van der Waals surface area contributed by atoms with E-state index in [2.05, 4.69) is 4.90 Å². The summed E-state index contributed by atoms with van der Waals surface area (Å²) >= 11 is 0. The summed E-state index contributed by atoms with van der Waals surface area (Å²) in [5, 5.41) is 0. The molecule has 2 fully saturated rings. The number of esters is 2. The second-order valence-electron chi connectivity index (χ2n) is 6.31. The fourth-order valence-electron chi connectivity index (χ4n) is 4.07. The van der Waals surface area contributed by atoms with E-state index >= 15 is 0 Å². The lowest BCUT2D eigenvalue weighted by Crippen LogP contribution is -2.42. The van der Waals surface area contributed by atoms with Gasteiger partial charge in [0.05, 0.1) is 27.0 Å². The molecule has 0 N–H and O–H groups in total. The zero-order chi connectivity index (χ0) is 16.4. The van der Waals surface area contributed by atoms with Crippen LogP contribution in [0.15, 0.2) is 16.7 Å². The Bertz CT molecular complexity index is 581. The van der Waals surface area contributed by atoms with Crippen LogP contribution in [0.1, 0.15) is 48.2 Å². The van der Waals surface area contributed by atoms with Crippen LogP contribution in [0.4, 0.5) is 0 Å². The predicted octanol–water partition coefficient (Wildman–Crippen LogP) is 2.37. The Hall–Kier alpha value is -1.82. The van der Waals surface area contributed by atoms with E-state index in [0.29, 0.717) is 29.8 Å². The van der Waals surface area contributed by atoms with Crippen LogP contribution in [0.5, 0.6) is 0 Å². The standard InChI is InChI=1S/C17H23NO5/c1-21-16(19)12-7-8-23-15(12)10-18-13-6-4-3-5-11(13)9-14(18)17(20)22-2/h7-8,11,13-14H,3-6,9-10H2,1-2H3/t11-,13-,14+/m1/s1. The minimum atomic E-state index is -0.414. The Morgan fingerprint density at radius 2 is 2.04 bits per heavy atom. The Balaban J connectivity index is 1.84. The molecule has 6 nitrogen and oxygen atoms in total. The number of methoxy groups -OCH3 is 2. The molecule has 1 aromatic heterocycles. The normalized spacial score (nSPS) is 27.5. The smallest absolute Gasteiger partial charge is 0.341 e. The van der Waals surface area contributed by atoms with Crippen molar-refractivity contribution in [3.05, 3.63) is 23.7 Å². The molecule has 0 spiro atoms. The molecule has 126 valence electrons. The zero-order valence-electron chi connectivity index (χ0n) is 13.6. The van der Waals surface area contributed by atoms with Crippen LogP contribution in [-0.4, -0.2) is 43.1 Å². The molecule has 0 amide bonds. The van der Waals surface area contributed by atoms with E-state index in [-0.39, 0.29) is 12.0 Å². The van der Waals surface area contributed by atoms with E-state index in [0.717, 1.165) is 19.3 Å². The number of carbonyl (C=O) groups is 2. The molecule has 2 heterocycles. The summed E-state index contributed by atoms with van der Waals surface area (Å²) in [6.07, 6.45) is 6.93. The molecule has 1 aliphatic carbocycles. The molecule has 23 heavy (non-hydrogen) atoms. The average Bonchev–Trinajstić information content (AvgIpc) is 3.19. The van der Waals surface area contributed by atoms with Gasteiger partial charge in [-0.25, -0.2) is 4.79 Å². The maximum absolute atomic E-state index is 12.2. The highest BCUT2D eigenvalue weighted by Crippen LogP contribution is 2.41. The number of ether oxygens (including phenoxy) is 2. The second-order valence-corrected chi connectivity index (χ2v) is 6.31. The van der Waals surface area contributed by atoms with Crippen LogP contribution in [0.25, 0.3) is 0 Å². The molecule has 3 atom stereocenters. The van der Waals surface area contributed by atoms with Crippen molar-refractivity contribution < 1.29 is 23.5 Å². The third-order valence-electron chi connectivity index (χ3n) is 5.17. The van der Waals surface area contributed by atoms with Crippen LogP contribution in [0.3, 0.4) is 0 Å². The van der Waals surface area contributed by atoms with Crippen molar-refractivity contribution in [2.24, 2.45) is 5.92 Å². The lowest BCUT2D eigenvalue weighted by Gasteiger charge is -2.32. The second kappa shape index (κ2) is 6.74. The van der Waals surface area contributed by atoms with Crippen molar-refractivity contribution in [3.8, 4) is 0 Å². The first kappa shape index (κ1) is 16.1. The van der Waals surface area contributed by atoms with Gasteiger partial charge in [0.25, 0.3) is 0 Å². The topological polar surface area (TPSA) is 69.0 Å². The highest BCUT2D eigenvalue weighted by atomic mass is 16.5. The van der Waals surface area contributed by atoms with Gasteiger partial charge in [0, 0.05) is 6.04 Å². The van der Waals surface area contributed by atoms with Crippen molar-refractivity contribution >= 4 is 11.9 Å². The third kappa shape index (κ3) is 3.00. The molecule has 2 aliphatic rings. The fourth-order valence-corrected chi connectivity index (χ4v) is 4.07. The van der Waals surface area contributed by atoms with Gasteiger partial charge in [0.15, 0.2) is 0 Å². The maximum Gasteiger partial charge on any atom is 0.341 e. The molecule has 0 aromatic carbocycles. The lowest BCUT2D eigenvalue weighted by molar-refractivity contribution is -0.146. The Morgan fingerprint density at radius 1 is 1.26 bits per heavy atom. The number of furan rings is 1. The van der Waals surface area contributed by atoms with Gasteiger partial charge in [0.2, 0.25) is 0 Å². The van der Waals surface area contributed by atoms with E-state index in [4.69, 9.17) is 13.9 Å². The van der Waals surface area contributed by atoms with Gasteiger partial charge < -0.3 is 13.9 Å². The zero-order valence-corrected chi connectivity index (χ0v) is 13.6. The van der Waals surface area contributed by atoms with Crippen LogP contribution in [-0.2, 0) is 20.8 Å². The van der Waals surface area contributed by atoms with Gasteiger partial charge in [-0.3, -0.25) is 9.69 Å². The van der Waals surface area contributed by atoms with Gasteiger partial charge in [-0.05, 0) is 31.2 Å². The van der Waals surface area contributed by atoms with Crippen LogP contribution in [0.2, 0.25) is 0 Å². The first-order chi connectivity index (χ1) is 11.2. The summed E-state index contributed by atoms with van der Waals surface area (Å²) in [7, 11) is 2.78. The van der Waals surface area contributed by atoms with Gasteiger partial charge >= 0.3 is 11.9 Å². The van der Waals surface area contributed by atoms with Gasteiger partial charge in [0.1, 0.15) is 17.4 Å². The van der Waals surface area contributed by atoms with E-state index < -0.39 is 5.97 Å². The molecule has 0 radical (unpaired) electrons. The van der Waals surface area contributed by atoms with Gasteiger partial charge in [-0.15, -0.1) is 0 Å². The van der Waals surface area contributed by atoms with Crippen LogP contribution in [0, 0.1) is 5.92 Å². The predicted molar refractivity (Wildman–Crippen MR) is 81.8 cm³/mol. The highest BCUT2D eigenvalue weighted by molar-refractivity contribution is 5.90. The maximum atomic E-state index is 12.2. The Labute approximate surface area is 135 Å². The molecule has 1 saturated carbocycles. The minimum absolute atomic E-state index is 0.203. The number of fused-ring (bicyclic) bond motifs is 1.